The molecule has 2 aliphatic carbocycles. The van der Waals surface area contributed by atoms with Crippen LogP contribution in [0.2, 0.25) is 0 Å². The second kappa shape index (κ2) is 18.1. The standard InChI is InChI=1S/C53H94NO2P/c1-23-25-29-54(30-26-24-2)57-55-44-41(32-39(51(17,18)35-47(6,7)8)33-43(44)52(19,20)36-48(9,10)11)40-28-27-38(50(15,16)34-46(3,4)5)31-42(40)45(56-57)53(21,22)37-49(12,13)14/h31-33,44H,23-30,34-37H2,1-22H3/b41-40-,45-42?. The third-order valence-electron chi connectivity index (χ3n) is 12.1. The van der Waals surface area contributed by atoms with Crippen molar-refractivity contribution < 1.29 is 9.05 Å². The number of hydrogen-bond acceptors (Lipinski definition) is 3. The average Bonchev–Trinajstić information content (AvgIpc) is 2.97. The maximum Gasteiger partial charge on any atom is 0.321 e. The molecule has 3 rings (SSSR count). The first-order valence-electron chi connectivity index (χ1n) is 23.1. The van der Waals surface area contributed by atoms with E-state index in [1.807, 2.05) is 0 Å². The summed E-state index contributed by atoms with van der Waals surface area (Å²) >= 11 is 0. The molecule has 0 aromatic heterocycles. The summed E-state index contributed by atoms with van der Waals surface area (Å²) in [5.41, 5.74) is 9.13. The van der Waals surface area contributed by atoms with Gasteiger partial charge in [-0.1, -0.05) is 189 Å². The Bertz CT molecular complexity index is 1540. The van der Waals surface area contributed by atoms with Crippen molar-refractivity contribution in [2.45, 2.75) is 223 Å². The van der Waals surface area contributed by atoms with E-state index < -0.39 is 8.53 Å². The normalized spacial score (nSPS) is 22.3. The van der Waals surface area contributed by atoms with E-state index in [9.17, 15) is 0 Å². The monoisotopic (exact) mass is 808 g/mol. The van der Waals surface area contributed by atoms with E-state index in [4.69, 9.17) is 9.05 Å². The molecule has 3 aliphatic rings. The molecule has 0 aromatic rings. The first kappa shape index (κ1) is 50.2. The molecule has 3 nitrogen and oxygen atoms in total. The molecule has 0 amide bonds. The Morgan fingerprint density at radius 3 is 1.49 bits per heavy atom. The highest BCUT2D eigenvalue weighted by molar-refractivity contribution is 7.44. The Labute approximate surface area is 357 Å². The van der Waals surface area contributed by atoms with Gasteiger partial charge in [0, 0.05) is 24.1 Å². The molecule has 57 heavy (non-hydrogen) atoms. The summed E-state index contributed by atoms with van der Waals surface area (Å²) in [4.78, 5) is 0. The zero-order chi connectivity index (χ0) is 43.8. The number of nitrogens with zero attached hydrogens (tertiary/aromatic N) is 1. The Morgan fingerprint density at radius 1 is 0.561 bits per heavy atom. The van der Waals surface area contributed by atoms with Crippen LogP contribution in [0.15, 0.2) is 57.4 Å². The molecular formula is C53H94NO2P. The molecule has 1 heterocycles. The number of allylic oxidation sites excluding steroid dienone is 7. The predicted octanol–water partition coefficient (Wildman–Crippen LogP) is 17.5. The van der Waals surface area contributed by atoms with Gasteiger partial charge in [-0.2, -0.15) is 0 Å². The van der Waals surface area contributed by atoms with Crippen LogP contribution in [0.3, 0.4) is 0 Å². The largest absolute Gasteiger partial charge is 0.439 e. The topological polar surface area (TPSA) is 21.7 Å². The summed E-state index contributed by atoms with van der Waals surface area (Å²) in [5.74, 6) is 1.15. The maximum absolute atomic E-state index is 7.83. The molecule has 0 radical (unpaired) electrons. The van der Waals surface area contributed by atoms with Crippen molar-refractivity contribution in [3.8, 4) is 0 Å². The van der Waals surface area contributed by atoms with Gasteiger partial charge in [-0.25, -0.2) is 4.67 Å². The lowest BCUT2D eigenvalue weighted by atomic mass is 9.63. The molecule has 0 spiro atoms. The van der Waals surface area contributed by atoms with Gasteiger partial charge in [-0.3, -0.25) is 4.52 Å². The first-order valence-corrected chi connectivity index (χ1v) is 24.3. The fourth-order valence-corrected chi connectivity index (χ4v) is 13.1. The van der Waals surface area contributed by atoms with Gasteiger partial charge in [-0.05, 0) is 112 Å². The average molecular weight is 808 g/mol. The minimum atomic E-state index is -1.42. The van der Waals surface area contributed by atoms with Crippen LogP contribution in [-0.4, -0.2) is 23.9 Å². The Morgan fingerprint density at radius 2 is 1.02 bits per heavy atom. The zero-order valence-electron chi connectivity index (χ0n) is 42.0. The van der Waals surface area contributed by atoms with Gasteiger partial charge in [0.25, 0.3) is 0 Å². The molecular weight excluding hydrogens is 714 g/mol. The molecule has 328 valence electrons. The van der Waals surface area contributed by atoms with Crippen LogP contribution in [-0.2, 0) is 9.05 Å². The van der Waals surface area contributed by atoms with Gasteiger partial charge in [-0.15, -0.1) is 0 Å². The van der Waals surface area contributed by atoms with Crippen LogP contribution >= 0.6 is 8.53 Å². The van der Waals surface area contributed by atoms with Gasteiger partial charge in [0.15, 0.2) is 0 Å². The summed E-state index contributed by atoms with van der Waals surface area (Å²) in [6.07, 6.45) is 18.7. The second-order valence-corrected chi connectivity index (χ2v) is 27.4. The van der Waals surface area contributed by atoms with Crippen LogP contribution < -0.4 is 0 Å². The Hall–Kier alpha value is -1.15. The number of fused-ring (bicyclic) bond motifs is 2. The molecule has 2 atom stereocenters. The second-order valence-electron chi connectivity index (χ2n) is 26.0. The molecule has 0 saturated carbocycles. The Kier molecular flexibility index (Phi) is 15.9. The van der Waals surface area contributed by atoms with E-state index in [2.05, 4.69) is 175 Å². The first-order chi connectivity index (χ1) is 25.6. The van der Waals surface area contributed by atoms with Crippen LogP contribution in [0, 0.1) is 43.3 Å². The minimum Gasteiger partial charge on any atom is -0.439 e. The van der Waals surface area contributed by atoms with E-state index in [0.717, 1.165) is 83.1 Å². The van der Waals surface area contributed by atoms with Crippen molar-refractivity contribution in [3.05, 3.63) is 57.4 Å². The lowest BCUT2D eigenvalue weighted by Crippen LogP contribution is -2.38. The fraction of sp³-hybridized carbons (Fsp3) is 0.811. The van der Waals surface area contributed by atoms with Gasteiger partial charge in [0.05, 0.1) is 0 Å². The van der Waals surface area contributed by atoms with Crippen LogP contribution in [0.4, 0.5) is 0 Å². The van der Waals surface area contributed by atoms with Crippen LogP contribution in [0.5, 0.6) is 0 Å². The number of hydrogen-bond donors (Lipinski definition) is 0. The van der Waals surface area contributed by atoms with Crippen molar-refractivity contribution in [2.75, 3.05) is 13.1 Å². The van der Waals surface area contributed by atoms with E-state index >= 15 is 0 Å². The van der Waals surface area contributed by atoms with E-state index in [-0.39, 0.29) is 49.4 Å². The SMILES string of the molecule is CCCCN(CCCC)P1OC(C(C)(C)CC(C)(C)C)=C2C=C(C(C)(C)CC(C)(C)C)CC/C2=C2\C=C(C(C)(C)CC(C)(C)C)C=C(C(C)(C)CC(C)(C)C)C2O1. The molecule has 0 saturated heterocycles. The van der Waals surface area contributed by atoms with E-state index in [1.54, 1.807) is 5.57 Å². The highest BCUT2D eigenvalue weighted by Crippen LogP contribution is 2.60. The summed E-state index contributed by atoms with van der Waals surface area (Å²) < 4.78 is 18.2. The van der Waals surface area contributed by atoms with Crippen molar-refractivity contribution in [1.29, 1.82) is 0 Å². The van der Waals surface area contributed by atoms with Gasteiger partial charge in [0.1, 0.15) is 11.9 Å². The van der Waals surface area contributed by atoms with Crippen molar-refractivity contribution in [3.63, 3.8) is 0 Å². The molecule has 0 fully saturated rings. The summed E-state index contributed by atoms with van der Waals surface area (Å²) in [5, 5.41) is 0. The lowest BCUT2D eigenvalue weighted by molar-refractivity contribution is 0.138. The Balaban J connectivity index is 2.63. The third kappa shape index (κ3) is 14.2. The van der Waals surface area contributed by atoms with Crippen molar-refractivity contribution in [1.82, 2.24) is 4.67 Å². The summed E-state index contributed by atoms with van der Waals surface area (Å²) in [6.45, 7) is 55.3. The number of rotatable bonds is 15. The molecule has 0 bridgehead atoms. The summed E-state index contributed by atoms with van der Waals surface area (Å²) in [7, 11) is -1.42. The van der Waals surface area contributed by atoms with Crippen molar-refractivity contribution in [2.24, 2.45) is 43.3 Å². The molecule has 1 aliphatic heterocycles. The smallest absolute Gasteiger partial charge is 0.321 e. The van der Waals surface area contributed by atoms with Crippen molar-refractivity contribution >= 4 is 8.53 Å². The van der Waals surface area contributed by atoms with Gasteiger partial charge < -0.3 is 4.52 Å². The van der Waals surface area contributed by atoms with Gasteiger partial charge >= 0.3 is 8.53 Å². The maximum atomic E-state index is 7.83. The lowest BCUT2D eigenvalue weighted by Gasteiger charge is -2.47. The summed E-state index contributed by atoms with van der Waals surface area (Å²) in [6, 6.07) is 0. The van der Waals surface area contributed by atoms with E-state index in [1.165, 1.54) is 27.9 Å². The molecule has 0 aromatic carbocycles. The minimum absolute atomic E-state index is 0.0136. The fourth-order valence-electron chi connectivity index (χ4n) is 11.3. The molecule has 2 unspecified atom stereocenters. The quantitative estimate of drug-likeness (QED) is 0.154. The van der Waals surface area contributed by atoms with Crippen LogP contribution in [0.1, 0.15) is 217 Å². The third-order valence-corrected chi connectivity index (χ3v) is 13.7. The highest BCUT2D eigenvalue weighted by Gasteiger charge is 2.47. The van der Waals surface area contributed by atoms with Gasteiger partial charge in [0.2, 0.25) is 0 Å². The molecule has 4 heteroatoms. The predicted molar refractivity (Wildman–Crippen MR) is 253 cm³/mol. The number of unbranched alkanes of at least 4 members (excludes halogenated alkanes) is 2. The zero-order valence-corrected chi connectivity index (χ0v) is 42.9. The highest BCUT2D eigenvalue weighted by atomic mass is 31.2. The van der Waals surface area contributed by atoms with Crippen LogP contribution in [0.25, 0.3) is 0 Å². The molecule has 0 N–H and O–H groups in total. The van der Waals surface area contributed by atoms with E-state index in [0.29, 0.717) is 0 Å².